The summed E-state index contributed by atoms with van der Waals surface area (Å²) in [4.78, 5) is 39.8. The van der Waals surface area contributed by atoms with E-state index in [1.165, 1.54) is 4.90 Å². The van der Waals surface area contributed by atoms with E-state index in [0.29, 0.717) is 25.4 Å². The van der Waals surface area contributed by atoms with Gasteiger partial charge in [-0.1, -0.05) is 6.92 Å². The Morgan fingerprint density at radius 2 is 1.92 bits per heavy atom. The second-order valence-corrected chi connectivity index (χ2v) is 7.18. The highest BCUT2D eigenvalue weighted by Gasteiger charge is 2.43. The van der Waals surface area contributed by atoms with Crippen LogP contribution in [0.1, 0.15) is 52.9 Å². The fraction of sp³-hybridized carbons (Fsp3) is 0.824. The molecule has 0 spiro atoms. The van der Waals surface area contributed by atoms with E-state index in [-0.39, 0.29) is 30.3 Å². The topological polar surface area (TPSA) is 81.8 Å². The highest BCUT2D eigenvalue weighted by atomic mass is 35.5. The third-order valence-electron chi connectivity index (χ3n) is 4.75. The summed E-state index contributed by atoms with van der Waals surface area (Å²) in [7, 11) is 0. The third kappa shape index (κ3) is 5.31. The molecule has 144 valence electrons. The van der Waals surface area contributed by atoms with E-state index in [1.807, 2.05) is 4.90 Å². The van der Waals surface area contributed by atoms with Crippen molar-refractivity contribution >= 4 is 30.3 Å². The van der Waals surface area contributed by atoms with Gasteiger partial charge >= 0.3 is 6.03 Å². The highest BCUT2D eigenvalue weighted by Crippen LogP contribution is 2.18. The summed E-state index contributed by atoms with van der Waals surface area (Å²) in [6.07, 6.45) is 3.82. The van der Waals surface area contributed by atoms with Crippen molar-refractivity contribution in [3.05, 3.63) is 0 Å². The zero-order valence-electron chi connectivity index (χ0n) is 15.5. The Morgan fingerprint density at radius 3 is 2.44 bits per heavy atom. The van der Waals surface area contributed by atoms with E-state index >= 15 is 0 Å². The van der Waals surface area contributed by atoms with Crippen LogP contribution in [0.3, 0.4) is 0 Å². The largest absolute Gasteiger partial charge is 0.340 e. The van der Waals surface area contributed by atoms with Gasteiger partial charge in [-0.2, -0.15) is 0 Å². The molecule has 2 fully saturated rings. The molecule has 2 aliphatic rings. The van der Waals surface area contributed by atoms with Crippen LogP contribution in [0.4, 0.5) is 4.79 Å². The summed E-state index contributed by atoms with van der Waals surface area (Å²) in [5, 5.41) is 5.98. The third-order valence-corrected chi connectivity index (χ3v) is 4.75. The van der Waals surface area contributed by atoms with Crippen molar-refractivity contribution in [2.24, 2.45) is 0 Å². The van der Waals surface area contributed by atoms with Gasteiger partial charge in [0.1, 0.15) is 5.54 Å². The van der Waals surface area contributed by atoms with Crippen LogP contribution in [0, 0.1) is 0 Å². The number of imide groups is 1. The molecule has 0 aliphatic carbocycles. The zero-order valence-corrected chi connectivity index (χ0v) is 16.3. The molecule has 0 atom stereocenters. The normalized spacial score (nSPS) is 20.2. The predicted octanol–water partition coefficient (Wildman–Crippen LogP) is 1.51. The van der Waals surface area contributed by atoms with Gasteiger partial charge in [-0.05, 0) is 52.6 Å². The lowest BCUT2D eigenvalue weighted by atomic mass is 10.0. The second-order valence-electron chi connectivity index (χ2n) is 7.18. The lowest BCUT2D eigenvalue weighted by Gasteiger charge is -2.34. The number of rotatable bonds is 7. The second kappa shape index (κ2) is 9.38. The maximum absolute atomic E-state index is 12.6. The fourth-order valence-electron chi connectivity index (χ4n) is 3.42. The van der Waals surface area contributed by atoms with Crippen molar-refractivity contribution in [2.75, 3.05) is 26.2 Å². The molecule has 0 bridgehead atoms. The molecule has 2 heterocycles. The van der Waals surface area contributed by atoms with Gasteiger partial charge in [-0.3, -0.25) is 14.5 Å². The predicted molar refractivity (Wildman–Crippen MR) is 98.7 cm³/mol. The number of amides is 4. The minimum atomic E-state index is -0.843. The number of piperidine rings is 1. The molecule has 0 aromatic heterocycles. The summed E-state index contributed by atoms with van der Waals surface area (Å²) in [5.74, 6) is -0.0845. The molecule has 0 aromatic carbocycles. The van der Waals surface area contributed by atoms with Gasteiger partial charge in [0.2, 0.25) is 5.91 Å². The molecule has 0 aromatic rings. The van der Waals surface area contributed by atoms with Crippen molar-refractivity contribution in [1.29, 1.82) is 0 Å². The van der Waals surface area contributed by atoms with E-state index < -0.39 is 5.54 Å². The number of hydrogen-bond donors (Lipinski definition) is 2. The average molecular weight is 375 g/mol. The number of carbonyl (C=O) groups is 3. The Balaban J connectivity index is 0.00000312. The lowest BCUT2D eigenvalue weighted by Crippen LogP contribution is -2.46. The van der Waals surface area contributed by atoms with Crippen molar-refractivity contribution in [2.45, 2.75) is 64.5 Å². The molecule has 4 amide bonds. The fourth-order valence-corrected chi connectivity index (χ4v) is 3.42. The van der Waals surface area contributed by atoms with Crippen molar-refractivity contribution in [1.82, 2.24) is 20.4 Å². The van der Waals surface area contributed by atoms with Crippen LogP contribution in [-0.2, 0) is 9.59 Å². The Hall–Kier alpha value is -1.34. The van der Waals surface area contributed by atoms with Gasteiger partial charge in [0.15, 0.2) is 0 Å². The molecule has 8 heteroatoms. The monoisotopic (exact) mass is 374 g/mol. The Labute approximate surface area is 156 Å². The van der Waals surface area contributed by atoms with Crippen LogP contribution in [0.25, 0.3) is 0 Å². The molecule has 7 nitrogen and oxygen atoms in total. The van der Waals surface area contributed by atoms with Crippen LogP contribution >= 0.6 is 12.4 Å². The molecule has 2 rings (SSSR count). The summed E-state index contributed by atoms with van der Waals surface area (Å²) in [6, 6.07) is -0.0458. The molecule has 2 N–H and O–H groups in total. The highest BCUT2D eigenvalue weighted by molar-refractivity contribution is 6.06. The number of carbonyl (C=O) groups excluding carboxylic acids is 3. The van der Waals surface area contributed by atoms with E-state index in [1.54, 1.807) is 13.8 Å². The van der Waals surface area contributed by atoms with Crippen LogP contribution in [0.15, 0.2) is 0 Å². The molecular weight excluding hydrogens is 344 g/mol. The first-order chi connectivity index (χ1) is 11.4. The molecule has 0 saturated carbocycles. The van der Waals surface area contributed by atoms with E-state index in [2.05, 4.69) is 17.6 Å². The smallest absolute Gasteiger partial charge is 0.325 e. The summed E-state index contributed by atoms with van der Waals surface area (Å²) < 4.78 is 0. The zero-order chi connectivity index (χ0) is 17.7. The minimum absolute atomic E-state index is 0. The number of nitrogens with one attached hydrogen (secondary N) is 2. The van der Waals surface area contributed by atoms with E-state index in [9.17, 15) is 14.4 Å². The van der Waals surface area contributed by atoms with Gasteiger partial charge in [0, 0.05) is 25.6 Å². The summed E-state index contributed by atoms with van der Waals surface area (Å²) in [6.45, 7) is 8.45. The number of halogens is 1. The summed E-state index contributed by atoms with van der Waals surface area (Å²) in [5.41, 5.74) is -0.843. The molecule has 2 saturated heterocycles. The van der Waals surface area contributed by atoms with Crippen LogP contribution < -0.4 is 10.6 Å². The Kier molecular flexibility index (Phi) is 8.15. The number of urea groups is 1. The van der Waals surface area contributed by atoms with Crippen molar-refractivity contribution in [3.8, 4) is 0 Å². The first-order valence-electron chi connectivity index (χ1n) is 9.01. The Morgan fingerprint density at radius 1 is 1.28 bits per heavy atom. The molecule has 2 aliphatic heterocycles. The first kappa shape index (κ1) is 21.7. The van der Waals surface area contributed by atoms with Gasteiger partial charge < -0.3 is 15.5 Å². The van der Waals surface area contributed by atoms with Gasteiger partial charge in [0.05, 0.1) is 0 Å². The lowest BCUT2D eigenvalue weighted by molar-refractivity contribution is -0.135. The molecular formula is C17H31ClN4O3. The quantitative estimate of drug-likeness (QED) is 0.662. The van der Waals surface area contributed by atoms with Gasteiger partial charge in [-0.25, -0.2) is 4.79 Å². The van der Waals surface area contributed by atoms with Crippen LogP contribution in [0.5, 0.6) is 0 Å². The van der Waals surface area contributed by atoms with Gasteiger partial charge in [-0.15, -0.1) is 12.4 Å². The SMILES string of the molecule is CCCN(C(=O)CCCN1C(=O)NC(C)(C)C1=O)C1CCNCC1.Cl. The summed E-state index contributed by atoms with van der Waals surface area (Å²) >= 11 is 0. The average Bonchev–Trinajstić information content (AvgIpc) is 2.74. The first-order valence-corrected chi connectivity index (χ1v) is 9.01. The molecule has 0 radical (unpaired) electrons. The van der Waals surface area contributed by atoms with E-state index in [4.69, 9.17) is 0 Å². The number of nitrogens with zero attached hydrogens (tertiary/aromatic N) is 2. The molecule has 0 unspecified atom stereocenters. The van der Waals surface area contributed by atoms with Gasteiger partial charge in [0.25, 0.3) is 5.91 Å². The number of hydrogen-bond acceptors (Lipinski definition) is 4. The molecule has 25 heavy (non-hydrogen) atoms. The Bertz CT molecular complexity index is 492. The van der Waals surface area contributed by atoms with Crippen molar-refractivity contribution in [3.63, 3.8) is 0 Å². The van der Waals surface area contributed by atoms with E-state index in [0.717, 1.165) is 38.9 Å². The maximum atomic E-state index is 12.6. The van der Waals surface area contributed by atoms with Crippen LogP contribution in [-0.4, -0.2) is 65.4 Å². The van der Waals surface area contributed by atoms with Crippen LogP contribution in [0.2, 0.25) is 0 Å². The standard InChI is InChI=1S/C17H30N4O3.ClH/c1-4-11-20(13-7-9-18-10-8-13)14(22)6-5-12-21-15(23)17(2,3)19-16(21)24;/h13,18H,4-12H2,1-3H3,(H,19,24);1H. The maximum Gasteiger partial charge on any atom is 0.325 e. The van der Waals surface area contributed by atoms with Crippen molar-refractivity contribution < 1.29 is 14.4 Å². The minimum Gasteiger partial charge on any atom is -0.340 e.